The first-order valence-corrected chi connectivity index (χ1v) is 9.72. The molecule has 0 amide bonds. The van der Waals surface area contributed by atoms with Crippen molar-refractivity contribution in [3.05, 3.63) is 126 Å². The van der Waals surface area contributed by atoms with Crippen molar-refractivity contribution in [3.8, 4) is 0 Å². The molecule has 4 aromatic carbocycles. The van der Waals surface area contributed by atoms with E-state index < -0.39 is 0 Å². The lowest BCUT2D eigenvalue weighted by Crippen LogP contribution is -2.09. The Morgan fingerprint density at radius 3 is 1.38 bits per heavy atom. The lowest BCUT2D eigenvalue weighted by molar-refractivity contribution is 0.282. The smallest absolute Gasteiger partial charge is 0.0681 e. The van der Waals surface area contributed by atoms with Gasteiger partial charge in [-0.25, -0.2) is 0 Å². The van der Waals surface area contributed by atoms with Gasteiger partial charge in [0, 0.05) is 17.1 Å². The van der Waals surface area contributed by atoms with E-state index in [1.54, 1.807) is 0 Å². The summed E-state index contributed by atoms with van der Waals surface area (Å²) >= 11 is 0. The molecule has 0 aromatic heterocycles. The van der Waals surface area contributed by atoms with Crippen LogP contribution in [0.4, 0.5) is 17.1 Å². The zero-order chi connectivity index (χ0) is 19.9. The number of nitrogens with zero attached hydrogens (tertiary/aromatic N) is 1. The highest BCUT2D eigenvalue weighted by molar-refractivity contribution is 5.78. The summed E-state index contributed by atoms with van der Waals surface area (Å²) in [6.07, 6.45) is 4.19. The molecule has 142 valence electrons. The van der Waals surface area contributed by atoms with E-state index in [1.807, 2.05) is 36.4 Å². The Bertz CT molecular complexity index is 1010. The van der Waals surface area contributed by atoms with E-state index in [1.165, 1.54) is 0 Å². The Balaban J connectivity index is 1.59. The molecule has 2 heteroatoms. The average Bonchev–Trinajstić information content (AvgIpc) is 2.80. The number of rotatable bonds is 6. The summed E-state index contributed by atoms with van der Waals surface area (Å²) in [4.78, 5) is 2.25. The van der Waals surface area contributed by atoms with E-state index in [9.17, 15) is 0 Å². The fraction of sp³-hybridized carbons (Fsp3) is 0.0370. The SMILES string of the molecule is OCc1ccc(/C=C/c2ccc(N(c3ccccc3)c3ccccc3)cc2)cc1. The molecule has 0 saturated carbocycles. The van der Waals surface area contributed by atoms with E-state index in [0.29, 0.717) is 0 Å². The third kappa shape index (κ3) is 4.63. The summed E-state index contributed by atoms with van der Waals surface area (Å²) in [6.45, 7) is 0.0742. The van der Waals surface area contributed by atoms with Crippen molar-refractivity contribution in [1.82, 2.24) is 0 Å². The van der Waals surface area contributed by atoms with Gasteiger partial charge in [0.25, 0.3) is 0 Å². The van der Waals surface area contributed by atoms with Gasteiger partial charge in [-0.05, 0) is 53.1 Å². The molecule has 4 rings (SSSR count). The minimum absolute atomic E-state index is 0.0742. The standard InChI is InChI=1S/C27H23NO/c29-21-24-15-13-22(14-16-24)11-12-23-17-19-27(20-18-23)28(25-7-3-1-4-8-25)26-9-5-2-6-10-26/h1-20,29H,21H2/b12-11+. The molecule has 4 aromatic rings. The molecule has 0 bridgehead atoms. The number of aliphatic hydroxyl groups excluding tert-OH is 1. The van der Waals surface area contributed by atoms with Crippen molar-refractivity contribution in [2.24, 2.45) is 0 Å². The Kier molecular flexibility index (Phi) is 5.84. The number of hydrogen-bond acceptors (Lipinski definition) is 2. The van der Waals surface area contributed by atoms with Crippen molar-refractivity contribution in [1.29, 1.82) is 0 Å². The zero-order valence-corrected chi connectivity index (χ0v) is 16.1. The van der Waals surface area contributed by atoms with Crippen molar-refractivity contribution in [2.45, 2.75) is 6.61 Å². The second-order valence-electron chi connectivity index (χ2n) is 6.83. The molecule has 0 aliphatic carbocycles. The van der Waals surface area contributed by atoms with E-state index in [-0.39, 0.29) is 6.61 Å². The van der Waals surface area contributed by atoms with E-state index in [4.69, 9.17) is 5.11 Å². The summed E-state index contributed by atoms with van der Waals surface area (Å²) in [5.74, 6) is 0. The number of benzene rings is 4. The highest BCUT2D eigenvalue weighted by Gasteiger charge is 2.11. The van der Waals surface area contributed by atoms with Crippen LogP contribution in [0, 0.1) is 0 Å². The summed E-state index contributed by atoms with van der Waals surface area (Å²) < 4.78 is 0. The fourth-order valence-corrected chi connectivity index (χ4v) is 3.26. The first kappa shape index (κ1) is 18.7. The van der Waals surface area contributed by atoms with Crippen molar-refractivity contribution in [2.75, 3.05) is 4.90 Å². The zero-order valence-electron chi connectivity index (χ0n) is 16.1. The molecular formula is C27H23NO. The predicted octanol–water partition coefficient (Wildman–Crippen LogP) is 6.82. The van der Waals surface area contributed by atoms with Gasteiger partial charge < -0.3 is 10.0 Å². The van der Waals surface area contributed by atoms with Crippen LogP contribution in [-0.4, -0.2) is 5.11 Å². The summed E-state index contributed by atoms with van der Waals surface area (Å²) in [7, 11) is 0. The van der Waals surface area contributed by atoms with E-state index in [2.05, 4.69) is 89.8 Å². The van der Waals surface area contributed by atoms with Crippen molar-refractivity contribution < 1.29 is 5.11 Å². The molecular weight excluding hydrogens is 354 g/mol. The summed E-state index contributed by atoms with van der Waals surface area (Å²) in [5.41, 5.74) is 6.56. The van der Waals surface area contributed by atoms with E-state index in [0.717, 1.165) is 33.8 Å². The van der Waals surface area contributed by atoms with Gasteiger partial charge in [-0.15, -0.1) is 0 Å². The maximum atomic E-state index is 9.15. The van der Waals surface area contributed by atoms with Gasteiger partial charge in [-0.1, -0.05) is 84.9 Å². The Morgan fingerprint density at radius 2 is 0.931 bits per heavy atom. The van der Waals surface area contributed by atoms with Crippen LogP contribution in [-0.2, 0) is 6.61 Å². The molecule has 0 aliphatic heterocycles. The van der Waals surface area contributed by atoms with Crippen LogP contribution in [0.15, 0.2) is 109 Å². The van der Waals surface area contributed by atoms with E-state index >= 15 is 0 Å². The van der Waals surface area contributed by atoms with Gasteiger partial charge in [0.2, 0.25) is 0 Å². The molecule has 0 saturated heterocycles. The van der Waals surface area contributed by atoms with Crippen LogP contribution in [0.3, 0.4) is 0 Å². The molecule has 0 spiro atoms. The molecule has 0 radical (unpaired) electrons. The van der Waals surface area contributed by atoms with Gasteiger partial charge in [0.15, 0.2) is 0 Å². The number of hydrogen-bond donors (Lipinski definition) is 1. The van der Waals surface area contributed by atoms with Crippen LogP contribution in [0.1, 0.15) is 16.7 Å². The average molecular weight is 377 g/mol. The third-order valence-electron chi connectivity index (χ3n) is 4.81. The first-order chi connectivity index (χ1) is 14.3. The quantitative estimate of drug-likeness (QED) is 0.373. The van der Waals surface area contributed by atoms with Crippen LogP contribution < -0.4 is 4.90 Å². The maximum absolute atomic E-state index is 9.15. The molecule has 29 heavy (non-hydrogen) atoms. The Hall–Kier alpha value is -3.62. The molecule has 0 unspecified atom stereocenters. The van der Waals surface area contributed by atoms with Gasteiger partial charge in [-0.2, -0.15) is 0 Å². The van der Waals surface area contributed by atoms with Crippen LogP contribution in [0.2, 0.25) is 0 Å². The molecule has 1 N–H and O–H groups in total. The Morgan fingerprint density at radius 1 is 0.517 bits per heavy atom. The lowest BCUT2D eigenvalue weighted by atomic mass is 10.1. The van der Waals surface area contributed by atoms with Crippen LogP contribution in [0.25, 0.3) is 12.2 Å². The number of para-hydroxylation sites is 2. The second-order valence-corrected chi connectivity index (χ2v) is 6.83. The molecule has 0 heterocycles. The lowest BCUT2D eigenvalue weighted by Gasteiger charge is -2.25. The van der Waals surface area contributed by atoms with Crippen LogP contribution >= 0.6 is 0 Å². The molecule has 0 aliphatic rings. The topological polar surface area (TPSA) is 23.5 Å². The number of aliphatic hydroxyl groups is 1. The summed E-state index contributed by atoms with van der Waals surface area (Å²) in [6, 6.07) is 37.3. The highest BCUT2D eigenvalue weighted by Crippen LogP contribution is 2.34. The monoisotopic (exact) mass is 377 g/mol. The predicted molar refractivity (Wildman–Crippen MR) is 122 cm³/mol. The number of anilines is 3. The normalized spacial score (nSPS) is 10.9. The minimum Gasteiger partial charge on any atom is -0.392 e. The Labute approximate surface area is 172 Å². The van der Waals surface area contributed by atoms with Crippen molar-refractivity contribution in [3.63, 3.8) is 0 Å². The molecule has 2 nitrogen and oxygen atoms in total. The van der Waals surface area contributed by atoms with Gasteiger partial charge in [-0.3, -0.25) is 0 Å². The van der Waals surface area contributed by atoms with Gasteiger partial charge in [0.1, 0.15) is 0 Å². The van der Waals surface area contributed by atoms with Gasteiger partial charge >= 0.3 is 0 Å². The third-order valence-corrected chi connectivity index (χ3v) is 4.81. The highest BCUT2D eigenvalue weighted by atomic mass is 16.3. The van der Waals surface area contributed by atoms with Crippen LogP contribution in [0.5, 0.6) is 0 Å². The largest absolute Gasteiger partial charge is 0.392 e. The fourth-order valence-electron chi connectivity index (χ4n) is 3.26. The molecule has 0 fully saturated rings. The second kappa shape index (κ2) is 9.05. The maximum Gasteiger partial charge on any atom is 0.0681 e. The summed E-state index contributed by atoms with van der Waals surface area (Å²) in [5, 5.41) is 9.15. The minimum atomic E-state index is 0.0742. The first-order valence-electron chi connectivity index (χ1n) is 9.72. The van der Waals surface area contributed by atoms with Gasteiger partial charge in [0.05, 0.1) is 6.61 Å². The molecule has 0 atom stereocenters. The van der Waals surface area contributed by atoms with Crippen molar-refractivity contribution >= 4 is 29.2 Å².